The number of hydrogen-bond acceptors (Lipinski definition) is 2. The van der Waals surface area contributed by atoms with Crippen LogP contribution in [-0.4, -0.2) is 14.9 Å². The van der Waals surface area contributed by atoms with Crippen molar-refractivity contribution in [2.45, 2.75) is 13.5 Å². The van der Waals surface area contributed by atoms with Gasteiger partial charge in [0, 0.05) is 29.9 Å². The predicted molar refractivity (Wildman–Crippen MR) is 65.0 cm³/mol. The summed E-state index contributed by atoms with van der Waals surface area (Å²) in [7, 11) is 0. The summed E-state index contributed by atoms with van der Waals surface area (Å²) in [5.74, 6) is -0.0155. The SMILES string of the molecule is CCn1cc(-c2cc(Cl)c(O)cc2Cl)cn1. The Bertz CT molecular complexity index is 523. The van der Waals surface area contributed by atoms with Gasteiger partial charge in [0.05, 0.1) is 16.2 Å². The van der Waals surface area contributed by atoms with E-state index in [0.717, 1.165) is 17.7 Å². The lowest BCUT2D eigenvalue weighted by molar-refractivity contribution is 0.475. The minimum Gasteiger partial charge on any atom is -0.506 e. The van der Waals surface area contributed by atoms with Crippen LogP contribution in [0.25, 0.3) is 11.1 Å². The first-order chi connectivity index (χ1) is 7.61. The Hall–Kier alpha value is -1.19. The van der Waals surface area contributed by atoms with Crippen molar-refractivity contribution in [3.63, 3.8) is 0 Å². The molecule has 0 saturated heterocycles. The molecule has 1 heterocycles. The average Bonchev–Trinajstić information content (AvgIpc) is 2.71. The third kappa shape index (κ3) is 2.01. The molecule has 0 spiro atoms. The van der Waals surface area contributed by atoms with Crippen molar-refractivity contribution >= 4 is 23.2 Å². The first-order valence-corrected chi connectivity index (χ1v) is 5.58. The van der Waals surface area contributed by atoms with Crippen LogP contribution in [0.4, 0.5) is 0 Å². The van der Waals surface area contributed by atoms with E-state index in [0.29, 0.717) is 5.02 Å². The average molecular weight is 257 g/mol. The molecule has 0 bridgehead atoms. The molecule has 2 aromatic rings. The monoisotopic (exact) mass is 256 g/mol. The number of benzene rings is 1. The zero-order valence-electron chi connectivity index (χ0n) is 8.61. The summed E-state index contributed by atoms with van der Waals surface area (Å²) < 4.78 is 1.80. The van der Waals surface area contributed by atoms with Crippen molar-refractivity contribution in [2.75, 3.05) is 0 Å². The largest absolute Gasteiger partial charge is 0.506 e. The number of aromatic nitrogens is 2. The third-order valence-corrected chi connectivity index (χ3v) is 2.92. The Kier molecular flexibility index (Phi) is 3.08. The second-order valence-corrected chi connectivity index (χ2v) is 4.18. The molecule has 0 amide bonds. The topological polar surface area (TPSA) is 38.0 Å². The molecule has 84 valence electrons. The molecule has 1 aromatic carbocycles. The maximum atomic E-state index is 9.39. The minimum atomic E-state index is -0.0155. The Balaban J connectivity index is 2.51. The molecule has 0 aliphatic carbocycles. The summed E-state index contributed by atoms with van der Waals surface area (Å²) in [6.45, 7) is 2.80. The fourth-order valence-electron chi connectivity index (χ4n) is 1.43. The summed E-state index contributed by atoms with van der Waals surface area (Å²) in [6, 6.07) is 3.07. The van der Waals surface area contributed by atoms with Gasteiger partial charge in [0.25, 0.3) is 0 Å². The van der Waals surface area contributed by atoms with Gasteiger partial charge in [0.15, 0.2) is 0 Å². The molecule has 0 fully saturated rings. The van der Waals surface area contributed by atoms with Crippen LogP contribution < -0.4 is 0 Å². The van der Waals surface area contributed by atoms with Crippen LogP contribution in [0.1, 0.15) is 6.92 Å². The van der Waals surface area contributed by atoms with Crippen molar-refractivity contribution in [3.05, 3.63) is 34.6 Å². The number of aromatic hydroxyl groups is 1. The first-order valence-electron chi connectivity index (χ1n) is 4.82. The lowest BCUT2D eigenvalue weighted by atomic mass is 10.1. The van der Waals surface area contributed by atoms with Gasteiger partial charge in [-0.05, 0) is 13.0 Å². The molecular weight excluding hydrogens is 247 g/mol. The van der Waals surface area contributed by atoms with E-state index in [9.17, 15) is 5.11 Å². The molecule has 5 heteroatoms. The number of rotatable bonds is 2. The highest BCUT2D eigenvalue weighted by Crippen LogP contribution is 2.35. The van der Waals surface area contributed by atoms with Crippen LogP contribution in [-0.2, 0) is 6.54 Å². The highest BCUT2D eigenvalue weighted by atomic mass is 35.5. The van der Waals surface area contributed by atoms with Crippen molar-refractivity contribution in [1.29, 1.82) is 0 Å². The summed E-state index contributed by atoms with van der Waals surface area (Å²) in [5, 5.41) is 14.3. The zero-order valence-corrected chi connectivity index (χ0v) is 10.1. The molecule has 0 unspecified atom stereocenters. The lowest BCUT2D eigenvalue weighted by Crippen LogP contribution is -1.92. The molecule has 0 aliphatic heterocycles. The summed E-state index contributed by atoms with van der Waals surface area (Å²) in [6.07, 6.45) is 3.60. The van der Waals surface area contributed by atoms with Crippen molar-refractivity contribution in [1.82, 2.24) is 9.78 Å². The Labute approximate surface area is 103 Å². The summed E-state index contributed by atoms with van der Waals surface area (Å²) in [5.41, 5.74) is 1.65. The summed E-state index contributed by atoms with van der Waals surface area (Å²) >= 11 is 11.9. The molecule has 1 N–H and O–H groups in total. The number of aryl methyl sites for hydroxylation is 1. The van der Waals surface area contributed by atoms with E-state index in [4.69, 9.17) is 23.2 Å². The molecule has 0 saturated carbocycles. The quantitative estimate of drug-likeness (QED) is 0.892. The highest BCUT2D eigenvalue weighted by Gasteiger charge is 2.10. The predicted octanol–water partition coefficient (Wildman–Crippen LogP) is 3.58. The van der Waals surface area contributed by atoms with E-state index < -0.39 is 0 Å². The molecule has 0 aliphatic rings. The second-order valence-electron chi connectivity index (χ2n) is 3.37. The van der Waals surface area contributed by atoms with Crippen LogP contribution in [0.2, 0.25) is 10.0 Å². The maximum Gasteiger partial charge on any atom is 0.135 e. The fourth-order valence-corrected chi connectivity index (χ4v) is 1.86. The number of hydrogen-bond donors (Lipinski definition) is 1. The highest BCUT2D eigenvalue weighted by molar-refractivity contribution is 6.36. The minimum absolute atomic E-state index is 0.0155. The van der Waals surface area contributed by atoms with E-state index in [2.05, 4.69) is 5.10 Å². The van der Waals surface area contributed by atoms with Gasteiger partial charge >= 0.3 is 0 Å². The van der Waals surface area contributed by atoms with E-state index in [1.807, 2.05) is 13.1 Å². The molecule has 16 heavy (non-hydrogen) atoms. The normalized spacial score (nSPS) is 10.7. The van der Waals surface area contributed by atoms with Crippen LogP contribution in [0, 0.1) is 0 Å². The van der Waals surface area contributed by atoms with Crippen molar-refractivity contribution in [3.8, 4) is 16.9 Å². The second kappa shape index (κ2) is 4.36. The van der Waals surface area contributed by atoms with Gasteiger partial charge < -0.3 is 5.11 Å². The van der Waals surface area contributed by atoms with E-state index >= 15 is 0 Å². The van der Waals surface area contributed by atoms with Crippen LogP contribution in [0.15, 0.2) is 24.5 Å². The fraction of sp³-hybridized carbons (Fsp3) is 0.182. The van der Waals surface area contributed by atoms with Crippen molar-refractivity contribution < 1.29 is 5.11 Å². The summed E-state index contributed by atoms with van der Waals surface area (Å²) in [4.78, 5) is 0. The van der Waals surface area contributed by atoms with Crippen LogP contribution >= 0.6 is 23.2 Å². The van der Waals surface area contributed by atoms with Gasteiger partial charge in [-0.25, -0.2) is 0 Å². The van der Waals surface area contributed by atoms with Gasteiger partial charge in [-0.15, -0.1) is 0 Å². The van der Waals surface area contributed by atoms with Gasteiger partial charge in [0.2, 0.25) is 0 Å². The van der Waals surface area contributed by atoms with Crippen LogP contribution in [0.3, 0.4) is 0 Å². The number of nitrogens with zero attached hydrogens (tertiary/aromatic N) is 2. The Morgan fingerprint density at radius 1 is 1.31 bits per heavy atom. The standard InChI is InChI=1S/C11H10Cl2N2O/c1-2-15-6-7(5-14-15)8-3-10(13)11(16)4-9(8)12/h3-6,16H,2H2,1H3. The van der Waals surface area contributed by atoms with Crippen LogP contribution in [0.5, 0.6) is 5.75 Å². The Morgan fingerprint density at radius 2 is 2.06 bits per heavy atom. The van der Waals surface area contributed by atoms with E-state index in [1.165, 1.54) is 6.07 Å². The van der Waals surface area contributed by atoms with Crippen molar-refractivity contribution in [2.24, 2.45) is 0 Å². The molecule has 0 atom stereocenters. The molecular formula is C11H10Cl2N2O. The van der Waals surface area contributed by atoms with Gasteiger partial charge in [-0.3, -0.25) is 4.68 Å². The van der Waals surface area contributed by atoms with Gasteiger partial charge in [-0.2, -0.15) is 5.10 Å². The third-order valence-electron chi connectivity index (χ3n) is 2.30. The smallest absolute Gasteiger partial charge is 0.135 e. The van der Waals surface area contributed by atoms with Gasteiger partial charge in [-0.1, -0.05) is 23.2 Å². The molecule has 3 nitrogen and oxygen atoms in total. The number of phenolic OH excluding ortho intramolecular Hbond substituents is 1. The number of halogens is 2. The maximum absolute atomic E-state index is 9.39. The molecule has 2 rings (SSSR count). The van der Waals surface area contributed by atoms with E-state index in [1.54, 1.807) is 16.9 Å². The lowest BCUT2D eigenvalue weighted by Gasteiger charge is -2.03. The zero-order chi connectivity index (χ0) is 11.7. The first kappa shape index (κ1) is 11.3. The molecule has 0 radical (unpaired) electrons. The van der Waals surface area contributed by atoms with Gasteiger partial charge in [0.1, 0.15) is 5.75 Å². The molecule has 1 aromatic heterocycles. The number of phenols is 1. The van der Waals surface area contributed by atoms with E-state index in [-0.39, 0.29) is 10.8 Å². The Morgan fingerprint density at radius 3 is 2.69 bits per heavy atom.